The van der Waals surface area contributed by atoms with Gasteiger partial charge in [0, 0.05) is 62.7 Å². The Balaban J connectivity index is 0.00000141. The van der Waals surface area contributed by atoms with E-state index in [2.05, 4.69) is 15.4 Å². The number of nitrogens with two attached hydrogens (primary N) is 4. The number of fused-ring (bicyclic) bond motifs is 2. The molecule has 0 saturated carbocycles. The Kier molecular flexibility index (Phi) is 49.3. The molecule has 12 N–H and O–H groups in total. The fourth-order valence-corrected chi connectivity index (χ4v) is 12.8. The van der Waals surface area contributed by atoms with Crippen LogP contribution in [0, 0.1) is 0 Å². The Morgan fingerprint density at radius 3 is 1.13 bits per heavy atom. The Bertz CT molecular complexity index is 4760. The average Bonchev–Trinajstić information content (AvgIpc) is 1.60. The Morgan fingerprint density at radius 1 is 0.454 bits per heavy atom. The zero-order valence-corrected chi connectivity index (χ0v) is 73.1. The molecule has 0 saturated heterocycles. The van der Waals surface area contributed by atoms with Crippen LogP contribution in [0.4, 0.5) is 11.4 Å². The molecule has 0 fully saturated rings. The van der Waals surface area contributed by atoms with Crippen molar-refractivity contribution in [1.82, 2.24) is 4.90 Å². The summed E-state index contributed by atoms with van der Waals surface area (Å²) in [5.74, 6) is -0.129. The fourth-order valence-electron chi connectivity index (χ4n) is 10.2. The van der Waals surface area contributed by atoms with Gasteiger partial charge in [-0.05, 0) is 161 Å². The molecule has 0 spiro atoms. The number of imide groups is 1. The summed E-state index contributed by atoms with van der Waals surface area (Å²) in [5, 5.41) is 21.7. The first-order valence-electron chi connectivity index (χ1n) is 36.2. The van der Waals surface area contributed by atoms with Gasteiger partial charge in [0.1, 0.15) is 42.1 Å². The Hall–Kier alpha value is -11.4. The minimum atomic E-state index is -3.60. The van der Waals surface area contributed by atoms with Gasteiger partial charge in [-0.15, -0.1) is 0 Å². The third kappa shape index (κ3) is 37.8. The summed E-state index contributed by atoms with van der Waals surface area (Å²) in [4.78, 5) is 102. The molecule has 119 heavy (non-hydrogen) atoms. The topological polar surface area (TPSA) is 520 Å². The molecule has 34 nitrogen and oxygen atoms in total. The number of aliphatic carboxylic acids is 1. The highest BCUT2D eigenvalue weighted by Gasteiger charge is 2.44. The maximum Gasteiger partial charge on any atom is 0.349 e. The molecular formula is C81H111N7O27S4. The van der Waals surface area contributed by atoms with Crippen molar-refractivity contribution in [3.8, 4) is 57.5 Å². The van der Waals surface area contributed by atoms with Crippen LogP contribution in [0.2, 0.25) is 0 Å². The highest BCUT2D eigenvalue weighted by atomic mass is 32.2. The molecule has 38 heteroatoms. The second-order valence-corrected chi connectivity index (χ2v) is 31.1. The highest BCUT2D eigenvalue weighted by molar-refractivity contribution is 7.91. The Morgan fingerprint density at radius 2 is 0.773 bits per heavy atom. The lowest BCUT2D eigenvalue weighted by Gasteiger charge is -2.27. The third-order valence-corrected chi connectivity index (χ3v) is 17.6. The molecule has 2 aliphatic heterocycles. The number of nitrogens with one attached hydrogen (secondary N) is 2. The number of cyclic esters (lactones) is 2. The van der Waals surface area contributed by atoms with Gasteiger partial charge in [0.05, 0.1) is 118 Å². The number of anilines is 2. The van der Waals surface area contributed by atoms with E-state index in [0.717, 1.165) is 37.5 Å². The zero-order valence-electron chi connectivity index (χ0n) is 69.7. The fraction of sp³-hybridized carbons (Fsp3) is 0.370. The monoisotopic (exact) mass is 1740 g/mol. The molecule has 656 valence electrons. The number of phenolic OH excluding ortho intramolecular Hbond substituents is 1. The van der Waals surface area contributed by atoms with E-state index in [4.69, 9.17) is 75.5 Å². The van der Waals surface area contributed by atoms with Crippen LogP contribution >= 0.6 is 13.5 Å². The molecule has 3 atom stereocenters. The number of carbonyl (C=O) groups excluding carboxylic acids is 8. The van der Waals surface area contributed by atoms with Gasteiger partial charge in [-0.1, -0.05) is 44.2 Å². The molecule has 7 aromatic carbocycles. The number of hydrogen-bond acceptors (Lipinski definition) is 30. The van der Waals surface area contributed by atoms with E-state index < -0.39 is 89.0 Å². The van der Waals surface area contributed by atoms with Crippen LogP contribution in [0.3, 0.4) is 0 Å². The molecule has 4 amide bonds. The predicted molar refractivity (Wildman–Crippen MR) is 457 cm³/mol. The number of benzene rings is 7. The van der Waals surface area contributed by atoms with Crippen molar-refractivity contribution in [3.05, 3.63) is 177 Å². The number of amides is 4. The number of sulfone groups is 3. The molecule has 9 rings (SSSR count). The van der Waals surface area contributed by atoms with E-state index in [0.29, 0.717) is 125 Å². The van der Waals surface area contributed by atoms with Crippen molar-refractivity contribution in [2.45, 2.75) is 87.4 Å². The van der Waals surface area contributed by atoms with E-state index >= 15 is 0 Å². The third-order valence-electron chi connectivity index (χ3n) is 14.7. The van der Waals surface area contributed by atoms with Crippen LogP contribution in [0.5, 0.6) is 57.5 Å². The number of aldehydes is 2. The number of carboxylic acids is 1. The molecule has 0 bridgehead atoms. The number of esters is 2. The number of rotatable bonds is 28. The second-order valence-electron chi connectivity index (χ2n) is 24.6. The molecule has 2 heterocycles. The summed E-state index contributed by atoms with van der Waals surface area (Å²) < 4.78 is 121. The van der Waals surface area contributed by atoms with Crippen LogP contribution in [-0.4, -0.2) is 205 Å². The van der Waals surface area contributed by atoms with Crippen LogP contribution in [-0.2, 0) is 48.6 Å². The van der Waals surface area contributed by atoms with Gasteiger partial charge >= 0.3 is 11.9 Å². The number of carbonyl (C=O) groups is 9. The summed E-state index contributed by atoms with van der Waals surface area (Å²) >= 11 is 0. The van der Waals surface area contributed by atoms with Gasteiger partial charge in [0.15, 0.2) is 57.5 Å². The zero-order chi connectivity index (χ0) is 89.8. The van der Waals surface area contributed by atoms with E-state index in [1.54, 1.807) is 119 Å². The minimum Gasteiger partial charge on any atom is -0.504 e. The second kappa shape index (κ2) is 54.6. The standard InChI is InChI=1S/C22H24N2O7S.2C12H19NO4S.C10H7NO4.C10H12O3.C9H10O3.2C2H7N.C2H4O2.H2S/c1-5-31-19-11-14(9-10-18(19)30-3)17(12-32(4,28)29)24-21(26)15-7-6-8-16(23-13(2)25)20(15)22(24)27;2*1-4-17-12-7-9(5-6-11(12)16-2)10(13)8-18(3,14)15;1-5(12)11-7-4-2-3-6-8(7)10(14)15-9(6)13;1-3-13-10-6-8(7-11)4-5-9(10)12-2;1-2-12-9-5-7(6-10)3-4-8(9)11;2*1-2-3;1-2(3)4;/h6-11,17H,5,12H2,1-4H3,(H,23,25);2*5-7,10H,4,8,13H2,1-3H3;2-4H,1H3,(H,11,12);4-7H,3H2,1-2H3;3-6,11H,2H2,1H3;2*2-3H2,1H3;1H3,(H,3,4);1H2/t17-;10-;;;;;;;;/m11......../s1. The molecule has 0 aromatic heterocycles. The number of phenols is 1. The van der Waals surface area contributed by atoms with Gasteiger partial charge < -0.3 is 91.1 Å². The smallest absolute Gasteiger partial charge is 0.349 e. The highest BCUT2D eigenvalue weighted by Crippen LogP contribution is 2.40. The van der Waals surface area contributed by atoms with Gasteiger partial charge in [0.2, 0.25) is 11.8 Å². The molecule has 1 unspecified atom stereocenters. The summed E-state index contributed by atoms with van der Waals surface area (Å²) in [7, 11) is -3.68. The number of nitrogens with zero attached hydrogens (tertiary/aromatic N) is 1. The van der Waals surface area contributed by atoms with E-state index in [9.17, 15) is 68.7 Å². The van der Waals surface area contributed by atoms with Gasteiger partial charge in [-0.3, -0.25) is 38.5 Å². The first-order valence-corrected chi connectivity index (χ1v) is 42.4. The maximum absolute atomic E-state index is 13.3. The summed E-state index contributed by atoms with van der Waals surface area (Å²) in [5.41, 5.74) is 25.3. The number of aromatic hydroxyl groups is 1. The quantitative estimate of drug-likeness (QED) is 0.00979. The lowest BCUT2D eigenvalue weighted by Crippen LogP contribution is -2.37. The van der Waals surface area contributed by atoms with Crippen molar-refractivity contribution in [1.29, 1.82) is 0 Å². The first-order chi connectivity index (χ1) is 55.5. The van der Waals surface area contributed by atoms with Crippen LogP contribution in [0.15, 0.2) is 127 Å². The molecule has 7 aromatic rings. The van der Waals surface area contributed by atoms with Crippen LogP contribution in [0.25, 0.3) is 0 Å². The van der Waals surface area contributed by atoms with Gasteiger partial charge in [0.25, 0.3) is 17.8 Å². The van der Waals surface area contributed by atoms with Crippen molar-refractivity contribution < 1.29 is 126 Å². The lowest BCUT2D eigenvalue weighted by molar-refractivity contribution is -0.134. The normalized spacial score (nSPS) is 12.0. The number of methoxy groups -OCH3 is 4. The summed E-state index contributed by atoms with van der Waals surface area (Å²) in [6.07, 6.45) is 4.86. The SMILES string of the molecule is CC(=O)Nc1cccc2c1C(=O)OC2=O.CC(=O)O.CCN.CCN.CCOc1cc(C(N)CS(C)(=O)=O)ccc1OC.CCOc1cc(C=O)ccc1O.CCOc1cc(C=O)ccc1OC.CCOc1cc([C@@H](CS(C)(=O)=O)N2C(=O)c3cccc(NC(C)=O)c3C2=O)ccc1OC.CCOc1cc([C@H](N)CS(C)(=O)=O)ccc1OC.S. The maximum atomic E-state index is 13.3. The van der Waals surface area contributed by atoms with Gasteiger partial charge in [-0.25, -0.2) is 34.8 Å². The Labute approximate surface area is 702 Å². The molecule has 2 aliphatic rings. The summed E-state index contributed by atoms with van der Waals surface area (Å²) in [6, 6.07) is 31.6. The summed E-state index contributed by atoms with van der Waals surface area (Å²) in [6.45, 7) is 20.6. The minimum absolute atomic E-state index is 0. The predicted octanol–water partition coefficient (Wildman–Crippen LogP) is 9.31. The first kappa shape index (κ1) is 108. The number of hydrogen-bond donors (Lipinski definition) is 8. The van der Waals surface area contributed by atoms with Crippen LogP contribution < -0.4 is 76.2 Å². The average molecular weight is 1740 g/mol. The molecule has 0 radical (unpaired) electrons. The largest absolute Gasteiger partial charge is 0.504 e. The van der Waals surface area contributed by atoms with E-state index in [-0.39, 0.29) is 64.6 Å². The van der Waals surface area contributed by atoms with Crippen molar-refractivity contribution in [2.24, 2.45) is 22.9 Å². The van der Waals surface area contributed by atoms with Gasteiger partial charge in [-0.2, -0.15) is 13.5 Å². The van der Waals surface area contributed by atoms with Crippen LogP contribution in [0.1, 0.15) is 166 Å². The number of ether oxygens (including phenoxy) is 10. The van der Waals surface area contributed by atoms with Crippen molar-refractivity contribution in [2.75, 3.05) is 121 Å². The van der Waals surface area contributed by atoms with Crippen molar-refractivity contribution >= 4 is 108 Å². The molecule has 0 aliphatic carbocycles. The molecular weight excluding hydrogens is 1630 g/mol. The van der Waals surface area contributed by atoms with Crippen molar-refractivity contribution in [3.63, 3.8) is 0 Å². The van der Waals surface area contributed by atoms with E-state index in [1.165, 1.54) is 69.9 Å². The number of carboxylic acid groups (broad SMARTS) is 1. The van der Waals surface area contributed by atoms with E-state index in [1.807, 2.05) is 41.5 Å². The lowest BCUT2D eigenvalue weighted by atomic mass is 10.1.